The summed E-state index contributed by atoms with van der Waals surface area (Å²) >= 11 is 0. The summed E-state index contributed by atoms with van der Waals surface area (Å²) in [6.07, 6.45) is -1.18. The number of nitrogens with two attached hydrogens (primary N) is 1. The molecular formula is C5H7NO7S. The fourth-order valence-electron chi connectivity index (χ4n) is 0.589. The zero-order chi connectivity index (χ0) is 11.5. The molecule has 0 heterocycles. The van der Waals surface area contributed by atoms with E-state index in [1.807, 2.05) is 0 Å². The van der Waals surface area contributed by atoms with E-state index in [0.29, 0.717) is 0 Å². The molecular weight excluding hydrogens is 218 g/mol. The molecule has 0 aliphatic rings. The van der Waals surface area contributed by atoms with Crippen LogP contribution in [0.2, 0.25) is 0 Å². The highest BCUT2D eigenvalue weighted by Gasteiger charge is 2.34. The van der Waals surface area contributed by atoms with E-state index in [1.54, 1.807) is 0 Å². The summed E-state index contributed by atoms with van der Waals surface area (Å²) in [7, 11) is -4.92. The number of aliphatic carboxylic acids is 1. The standard InChI is InChI=1S/C5H7NO7S/c6-4(8)2(7)1-3(5(9)10)14(11,12)13/h3H,1H2,(H2,6,8)(H,9,10)(H,11,12,13). The first-order chi connectivity index (χ1) is 6.16. The number of amides is 1. The molecule has 0 saturated carbocycles. The summed E-state index contributed by atoms with van der Waals surface area (Å²) in [6.45, 7) is 0. The lowest BCUT2D eigenvalue weighted by atomic mass is 10.2. The van der Waals surface area contributed by atoms with Gasteiger partial charge in [-0.15, -0.1) is 0 Å². The van der Waals surface area contributed by atoms with Crippen LogP contribution >= 0.6 is 0 Å². The molecule has 0 aliphatic heterocycles. The average molecular weight is 225 g/mol. The molecule has 1 atom stereocenters. The van der Waals surface area contributed by atoms with Crippen molar-refractivity contribution in [2.24, 2.45) is 5.73 Å². The summed E-state index contributed by atoms with van der Waals surface area (Å²) in [5, 5.41) is 5.94. The van der Waals surface area contributed by atoms with E-state index >= 15 is 0 Å². The summed E-state index contributed by atoms with van der Waals surface area (Å²) in [5.41, 5.74) is 4.47. The topological polar surface area (TPSA) is 152 Å². The Balaban J connectivity index is 4.83. The Kier molecular flexibility index (Phi) is 3.71. The van der Waals surface area contributed by atoms with E-state index in [9.17, 15) is 22.8 Å². The molecule has 0 aromatic rings. The van der Waals surface area contributed by atoms with Gasteiger partial charge in [0, 0.05) is 6.42 Å². The lowest BCUT2D eigenvalue weighted by molar-refractivity contribution is -0.140. The van der Waals surface area contributed by atoms with Crippen molar-refractivity contribution in [2.45, 2.75) is 11.7 Å². The molecule has 1 unspecified atom stereocenters. The molecule has 0 aromatic heterocycles. The zero-order valence-electron chi connectivity index (χ0n) is 6.71. The normalized spacial score (nSPS) is 13.2. The maximum absolute atomic E-state index is 10.6. The number of carboxylic acid groups (broad SMARTS) is 1. The van der Waals surface area contributed by atoms with Crippen molar-refractivity contribution >= 4 is 27.8 Å². The van der Waals surface area contributed by atoms with Crippen molar-refractivity contribution in [2.75, 3.05) is 0 Å². The fraction of sp³-hybridized carbons (Fsp3) is 0.400. The largest absolute Gasteiger partial charge is 0.480 e. The van der Waals surface area contributed by atoms with Crippen LogP contribution in [0.25, 0.3) is 0 Å². The van der Waals surface area contributed by atoms with E-state index in [1.165, 1.54) is 0 Å². The first-order valence-corrected chi connectivity index (χ1v) is 4.68. The van der Waals surface area contributed by atoms with E-state index in [-0.39, 0.29) is 0 Å². The van der Waals surface area contributed by atoms with Crippen molar-refractivity contribution in [3.63, 3.8) is 0 Å². The molecule has 80 valence electrons. The molecule has 0 radical (unpaired) electrons. The molecule has 0 aliphatic carbocycles. The summed E-state index contributed by atoms with van der Waals surface area (Å²) < 4.78 is 29.2. The number of primary amides is 1. The molecule has 0 bridgehead atoms. The van der Waals surface area contributed by atoms with E-state index in [4.69, 9.17) is 9.66 Å². The fourth-order valence-corrected chi connectivity index (χ4v) is 1.21. The van der Waals surface area contributed by atoms with Crippen LogP contribution in [0.4, 0.5) is 0 Å². The Hall–Kier alpha value is -1.48. The van der Waals surface area contributed by atoms with Gasteiger partial charge in [-0.25, -0.2) is 0 Å². The van der Waals surface area contributed by atoms with Gasteiger partial charge in [-0.3, -0.25) is 18.9 Å². The van der Waals surface area contributed by atoms with Crippen molar-refractivity contribution in [1.29, 1.82) is 0 Å². The zero-order valence-corrected chi connectivity index (χ0v) is 7.52. The van der Waals surface area contributed by atoms with Gasteiger partial charge in [0.05, 0.1) is 0 Å². The summed E-state index contributed by atoms with van der Waals surface area (Å²) in [4.78, 5) is 31.0. The number of carbonyl (C=O) groups excluding carboxylic acids is 2. The second-order valence-electron chi connectivity index (χ2n) is 2.33. The van der Waals surface area contributed by atoms with E-state index < -0.39 is 39.4 Å². The second-order valence-corrected chi connectivity index (χ2v) is 3.93. The van der Waals surface area contributed by atoms with Crippen LogP contribution in [0.5, 0.6) is 0 Å². The number of ketones is 1. The van der Waals surface area contributed by atoms with Gasteiger partial charge in [-0.05, 0) is 0 Å². The molecule has 4 N–H and O–H groups in total. The highest BCUT2D eigenvalue weighted by Crippen LogP contribution is 2.05. The van der Waals surface area contributed by atoms with Gasteiger partial charge in [0.25, 0.3) is 16.0 Å². The molecule has 9 heteroatoms. The molecule has 0 fully saturated rings. The summed E-state index contributed by atoms with van der Waals surface area (Å²) in [5.74, 6) is -4.77. The Morgan fingerprint density at radius 3 is 1.93 bits per heavy atom. The van der Waals surface area contributed by atoms with Crippen LogP contribution in [0.3, 0.4) is 0 Å². The number of hydrogen-bond acceptors (Lipinski definition) is 5. The lowest BCUT2D eigenvalue weighted by Gasteiger charge is -2.05. The highest BCUT2D eigenvalue weighted by molar-refractivity contribution is 7.87. The molecule has 0 saturated heterocycles. The van der Waals surface area contributed by atoms with Crippen molar-refractivity contribution < 1.29 is 32.5 Å². The molecule has 8 nitrogen and oxygen atoms in total. The lowest BCUT2D eigenvalue weighted by Crippen LogP contribution is -2.36. The predicted molar refractivity (Wildman–Crippen MR) is 41.8 cm³/mol. The number of hydrogen-bond donors (Lipinski definition) is 3. The third-order valence-electron chi connectivity index (χ3n) is 1.28. The average Bonchev–Trinajstić information content (AvgIpc) is 1.96. The monoisotopic (exact) mass is 225 g/mol. The molecule has 1 amide bonds. The number of rotatable bonds is 5. The van der Waals surface area contributed by atoms with Crippen LogP contribution < -0.4 is 5.73 Å². The smallest absolute Gasteiger partial charge is 0.324 e. The molecule has 14 heavy (non-hydrogen) atoms. The Morgan fingerprint density at radius 2 is 1.71 bits per heavy atom. The second kappa shape index (κ2) is 4.15. The molecule has 0 spiro atoms. The minimum absolute atomic E-state index is 1.18. The highest BCUT2D eigenvalue weighted by atomic mass is 32.2. The van der Waals surface area contributed by atoms with Gasteiger partial charge in [-0.1, -0.05) is 0 Å². The van der Waals surface area contributed by atoms with Crippen molar-refractivity contribution in [1.82, 2.24) is 0 Å². The SMILES string of the molecule is NC(=O)C(=O)CC(C(=O)O)S(=O)(=O)O. The minimum atomic E-state index is -4.92. The van der Waals surface area contributed by atoms with Crippen molar-refractivity contribution in [3.05, 3.63) is 0 Å². The van der Waals surface area contributed by atoms with Gasteiger partial charge < -0.3 is 10.8 Å². The molecule has 0 aromatic carbocycles. The van der Waals surface area contributed by atoms with Gasteiger partial charge in [0.15, 0.2) is 5.25 Å². The number of carboxylic acids is 1. The van der Waals surface area contributed by atoms with Gasteiger partial charge in [0.1, 0.15) is 0 Å². The first kappa shape index (κ1) is 12.5. The maximum atomic E-state index is 10.6. The number of Topliss-reactive ketones (excluding diaryl/α,β-unsaturated/α-hetero) is 1. The van der Waals surface area contributed by atoms with Crippen LogP contribution in [-0.2, 0) is 24.5 Å². The Labute approximate surface area is 78.4 Å². The van der Waals surface area contributed by atoms with Gasteiger partial charge in [-0.2, -0.15) is 8.42 Å². The maximum Gasteiger partial charge on any atom is 0.324 e. The van der Waals surface area contributed by atoms with Crippen LogP contribution in [0.1, 0.15) is 6.42 Å². The van der Waals surface area contributed by atoms with Crippen LogP contribution in [0.15, 0.2) is 0 Å². The third-order valence-corrected chi connectivity index (χ3v) is 2.37. The summed E-state index contributed by atoms with van der Waals surface area (Å²) in [6, 6.07) is 0. The third kappa shape index (κ3) is 3.49. The van der Waals surface area contributed by atoms with Crippen molar-refractivity contribution in [3.8, 4) is 0 Å². The van der Waals surface area contributed by atoms with Gasteiger partial charge >= 0.3 is 5.97 Å². The first-order valence-electron chi connectivity index (χ1n) is 3.18. The Bertz CT molecular complexity index is 370. The van der Waals surface area contributed by atoms with E-state index in [0.717, 1.165) is 0 Å². The predicted octanol–water partition coefficient (Wildman–Crippen LogP) is -2.23. The molecule has 0 rings (SSSR count). The number of carbonyl (C=O) groups is 3. The minimum Gasteiger partial charge on any atom is -0.480 e. The quantitative estimate of drug-likeness (QED) is 0.353. The van der Waals surface area contributed by atoms with Crippen LogP contribution in [-0.4, -0.2) is 41.0 Å². The van der Waals surface area contributed by atoms with Crippen LogP contribution in [0, 0.1) is 0 Å². The van der Waals surface area contributed by atoms with Gasteiger partial charge in [0.2, 0.25) is 5.78 Å². The van der Waals surface area contributed by atoms with E-state index in [2.05, 4.69) is 5.73 Å². The Morgan fingerprint density at radius 1 is 1.29 bits per heavy atom.